The van der Waals surface area contributed by atoms with E-state index < -0.39 is 0 Å². The molecule has 22 heavy (non-hydrogen) atoms. The van der Waals surface area contributed by atoms with Crippen molar-refractivity contribution in [2.24, 2.45) is 0 Å². The topological polar surface area (TPSA) is 12.5 Å². The number of likely N-dealkylation sites (N-methyl/N-ethyl adjacent to an activating group) is 1. The van der Waals surface area contributed by atoms with E-state index in [-0.39, 0.29) is 6.10 Å². The number of rotatable bonds is 7. The van der Waals surface area contributed by atoms with Gasteiger partial charge < -0.3 is 9.64 Å². The highest BCUT2D eigenvalue weighted by molar-refractivity contribution is 6.31. The average Bonchev–Trinajstić information content (AvgIpc) is 2.48. The molecule has 4 heteroatoms. The first kappa shape index (κ1) is 17.3. The number of hydrogen-bond donors (Lipinski definition) is 0. The average molecular weight is 338 g/mol. The van der Waals surface area contributed by atoms with Gasteiger partial charge in [0, 0.05) is 23.0 Å². The molecule has 0 spiro atoms. The van der Waals surface area contributed by atoms with E-state index in [4.69, 9.17) is 27.9 Å². The maximum Gasteiger partial charge on any atom is 0.0880 e. The van der Waals surface area contributed by atoms with Gasteiger partial charge in [0.05, 0.1) is 12.7 Å². The largest absolute Gasteiger partial charge is 0.372 e. The van der Waals surface area contributed by atoms with Gasteiger partial charge in [-0.15, -0.1) is 0 Å². The molecule has 0 amide bonds. The third-order valence-electron chi connectivity index (χ3n) is 3.47. The Balaban J connectivity index is 2.18. The van der Waals surface area contributed by atoms with Crippen molar-refractivity contribution in [2.45, 2.75) is 12.5 Å². The lowest BCUT2D eigenvalue weighted by Gasteiger charge is -2.21. The molecule has 118 valence electrons. The van der Waals surface area contributed by atoms with Crippen LogP contribution in [0.2, 0.25) is 10.0 Å². The van der Waals surface area contributed by atoms with Gasteiger partial charge in [0.1, 0.15) is 0 Å². The molecular formula is C18H21Cl2NO. The number of hydrogen-bond acceptors (Lipinski definition) is 2. The van der Waals surface area contributed by atoms with E-state index in [0.29, 0.717) is 13.0 Å². The highest BCUT2D eigenvalue weighted by Crippen LogP contribution is 2.30. The van der Waals surface area contributed by atoms with Crippen LogP contribution < -0.4 is 0 Å². The Labute approximate surface area is 142 Å². The van der Waals surface area contributed by atoms with Gasteiger partial charge in [-0.05, 0) is 37.4 Å². The zero-order chi connectivity index (χ0) is 15.9. The van der Waals surface area contributed by atoms with E-state index in [9.17, 15) is 0 Å². The third-order valence-corrected chi connectivity index (χ3v) is 4.19. The maximum atomic E-state index is 6.34. The van der Waals surface area contributed by atoms with Gasteiger partial charge in [-0.25, -0.2) is 0 Å². The van der Waals surface area contributed by atoms with E-state index in [1.54, 1.807) is 0 Å². The molecule has 0 aromatic heterocycles. The normalized spacial score (nSPS) is 12.6. The molecule has 2 aromatic carbocycles. The molecular weight excluding hydrogens is 317 g/mol. The van der Waals surface area contributed by atoms with Crippen LogP contribution in [0.3, 0.4) is 0 Å². The van der Waals surface area contributed by atoms with Crippen molar-refractivity contribution in [3.63, 3.8) is 0 Å². The summed E-state index contributed by atoms with van der Waals surface area (Å²) in [5, 5.41) is 1.49. The van der Waals surface area contributed by atoms with E-state index in [2.05, 4.69) is 4.90 Å². The number of nitrogens with zero attached hydrogens (tertiary/aromatic N) is 1. The molecule has 0 aliphatic heterocycles. The standard InChI is InChI=1S/C18H21Cl2NO/c1-21(2)11-12-22-18(15-8-4-6-10-17(15)20)13-14-7-3-5-9-16(14)19/h3-10,18H,11-13H2,1-2H3. The van der Waals surface area contributed by atoms with Crippen LogP contribution in [-0.2, 0) is 11.2 Å². The summed E-state index contributed by atoms with van der Waals surface area (Å²) in [6.07, 6.45) is 0.602. The summed E-state index contributed by atoms with van der Waals surface area (Å²) >= 11 is 12.6. The molecule has 0 saturated carbocycles. The lowest BCUT2D eigenvalue weighted by atomic mass is 10.0. The molecule has 2 nitrogen and oxygen atoms in total. The van der Waals surface area contributed by atoms with Gasteiger partial charge in [0.2, 0.25) is 0 Å². The van der Waals surface area contributed by atoms with Crippen molar-refractivity contribution in [2.75, 3.05) is 27.2 Å². The van der Waals surface area contributed by atoms with Crippen molar-refractivity contribution in [1.82, 2.24) is 4.90 Å². The van der Waals surface area contributed by atoms with Crippen LogP contribution in [0.5, 0.6) is 0 Å². The SMILES string of the molecule is CN(C)CCOC(Cc1ccccc1Cl)c1ccccc1Cl. The summed E-state index contributed by atoms with van der Waals surface area (Å²) in [4.78, 5) is 2.10. The van der Waals surface area contributed by atoms with Crippen LogP contribution in [0, 0.1) is 0 Å². The molecule has 2 aromatic rings. The maximum absolute atomic E-state index is 6.34. The van der Waals surface area contributed by atoms with E-state index in [1.807, 2.05) is 62.6 Å². The minimum absolute atomic E-state index is 0.103. The quantitative estimate of drug-likeness (QED) is 0.715. The van der Waals surface area contributed by atoms with Crippen molar-refractivity contribution in [3.8, 4) is 0 Å². The molecule has 0 bridgehead atoms. The predicted octanol–water partition coefficient (Wildman–Crippen LogP) is 4.86. The highest BCUT2D eigenvalue weighted by Gasteiger charge is 2.17. The smallest absolute Gasteiger partial charge is 0.0880 e. The fraction of sp³-hybridized carbons (Fsp3) is 0.333. The van der Waals surface area contributed by atoms with E-state index >= 15 is 0 Å². The fourth-order valence-electron chi connectivity index (χ4n) is 2.24. The second kappa shape index (κ2) is 8.54. The molecule has 0 heterocycles. The van der Waals surface area contributed by atoms with Crippen molar-refractivity contribution < 1.29 is 4.74 Å². The highest BCUT2D eigenvalue weighted by atomic mass is 35.5. The molecule has 0 aliphatic carbocycles. The Morgan fingerprint density at radius 2 is 1.59 bits per heavy atom. The number of benzene rings is 2. The molecule has 1 unspecified atom stereocenters. The summed E-state index contributed by atoms with van der Waals surface area (Å²) in [7, 11) is 4.06. The molecule has 1 atom stereocenters. The fourth-order valence-corrected chi connectivity index (χ4v) is 2.71. The summed E-state index contributed by atoms with van der Waals surface area (Å²) in [5.74, 6) is 0. The first-order chi connectivity index (χ1) is 10.6. The second-order valence-electron chi connectivity index (χ2n) is 5.48. The lowest BCUT2D eigenvalue weighted by Crippen LogP contribution is -2.20. The minimum Gasteiger partial charge on any atom is -0.372 e. The van der Waals surface area contributed by atoms with Gasteiger partial charge in [0.15, 0.2) is 0 Å². The minimum atomic E-state index is -0.103. The first-order valence-corrected chi connectivity index (χ1v) is 8.07. The summed E-state index contributed by atoms with van der Waals surface area (Å²) in [6.45, 7) is 1.51. The Morgan fingerprint density at radius 1 is 0.955 bits per heavy atom. The Morgan fingerprint density at radius 3 is 2.23 bits per heavy atom. The van der Waals surface area contributed by atoms with Crippen LogP contribution in [0.15, 0.2) is 48.5 Å². The Hall–Kier alpha value is -1.06. The summed E-state index contributed by atoms with van der Waals surface area (Å²) in [6, 6.07) is 15.7. The van der Waals surface area contributed by atoms with Crippen LogP contribution in [0.25, 0.3) is 0 Å². The molecule has 2 rings (SSSR count). The van der Waals surface area contributed by atoms with E-state index in [1.165, 1.54) is 0 Å². The van der Waals surface area contributed by atoms with E-state index in [0.717, 1.165) is 27.7 Å². The second-order valence-corrected chi connectivity index (χ2v) is 6.29. The van der Waals surface area contributed by atoms with Gasteiger partial charge in [0.25, 0.3) is 0 Å². The van der Waals surface area contributed by atoms with Gasteiger partial charge in [-0.1, -0.05) is 59.6 Å². The van der Waals surface area contributed by atoms with Gasteiger partial charge in [-0.3, -0.25) is 0 Å². The van der Waals surface area contributed by atoms with Gasteiger partial charge in [-0.2, -0.15) is 0 Å². The van der Waals surface area contributed by atoms with Crippen LogP contribution in [0.4, 0.5) is 0 Å². The zero-order valence-corrected chi connectivity index (χ0v) is 14.4. The Bertz CT molecular complexity index is 601. The van der Waals surface area contributed by atoms with Crippen LogP contribution >= 0.6 is 23.2 Å². The lowest BCUT2D eigenvalue weighted by molar-refractivity contribution is 0.0437. The van der Waals surface area contributed by atoms with Crippen molar-refractivity contribution in [3.05, 3.63) is 69.7 Å². The molecule has 0 N–H and O–H groups in total. The number of halogens is 2. The van der Waals surface area contributed by atoms with Crippen LogP contribution in [-0.4, -0.2) is 32.1 Å². The zero-order valence-electron chi connectivity index (χ0n) is 12.9. The van der Waals surface area contributed by atoms with Crippen LogP contribution in [0.1, 0.15) is 17.2 Å². The summed E-state index contributed by atoms with van der Waals surface area (Å²) in [5.41, 5.74) is 2.07. The molecule has 0 fully saturated rings. The molecule has 0 saturated heterocycles. The van der Waals surface area contributed by atoms with Gasteiger partial charge >= 0.3 is 0 Å². The predicted molar refractivity (Wildman–Crippen MR) is 93.9 cm³/mol. The molecule has 0 radical (unpaired) electrons. The summed E-state index contributed by atoms with van der Waals surface area (Å²) < 4.78 is 6.09. The van der Waals surface area contributed by atoms with Crippen molar-refractivity contribution in [1.29, 1.82) is 0 Å². The third kappa shape index (κ3) is 4.99. The Kier molecular flexibility index (Phi) is 6.71. The molecule has 0 aliphatic rings. The van der Waals surface area contributed by atoms with Crippen molar-refractivity contribution >= 4 is 23.2 Å². The first-order valence-electron chi connectivity index (χ1n) is 7.32. The number of ether oxygens (including phenoxy) is 1. The monoisotopic (exact) mass is 337 g/mol.